The molecule has 0 unspecified atom stereocenters. The summed E-state index contributed by atoms with van der Waals surface area (Å²) in [5.41, 5.74) is 1.02. The van der Waals surface area contributed by atoms with Gasteiger partial charge in [0.2, 0.25) is 5.88 Å². The number of nitrogens with zero attached hydrogens (tertiary/aromatic N) is 3. The van der Waals surface area contributed by atoms with Crippen molar-refractivity contribution < 1.29 is 4.74 Å². The minimum absolute atomic E-state index is 0.470. The highest BCUT2D eigenvalue weighted by atomic mass is 32.1. The van der Waals surface area contributed by atoms with Crippen molar-refractivity contribution in [2.75, 3.05) is 31.1 Å². The predicted octanol–water partition coefficient (Wildman–Crippen LogP) is 2.93. The van der Waals surface area contributed by atoms with E-state index in [9.17, 15) is 0 Å². The Hall–Kier alpha value is -2.88. The molecule has 0 aliphatic carbocycles. The summed E-state index contributed by atoms with van der Waals surface area (Å²) in [6, 6.07) is 14.1. The molecule has 3 aromatic rings. The minimum atomic E-state index is 0.470. The van der Waals surface area contributed by atoms with Gasteiger partial charge in [0.1, 0.15) is 6.61 Å². The summed E-state index contributed by atoms with van der Waals surface area (Å²) in [5.74, 6) is 7.80. The topological polar surface area (TPSA) is 50.3 Å². The second-order valence-corrected chi connectivity index (χ2v) is 7.29. The molecular formula is C21H20N4OS. The van der Waals surface area contributed by atoms with Crippen LogP contribution >= 0.6 is 11.3 Å². The largest absolute Gasteiger partial charge is 0.471 e. The summed E-state index contributed by atoms with van der Waals surface area (Å²) in [6.45, 7) is 4.28. The van der Waals surface area contributed by atoms with Crippen molar-refractivity contribution in [1.29, 1.82) is 0 Å². The molecule has 1 fully saturated rings. The maximum absolute atomic E-state index is 5.85. The van der Waals surface area contributed by atoms with Gasteiger partial charge in [-0.15, -0.1) is 11.3 Å². The third-order valence-electron chi connectivity index (χ3n) is 4.17. The first-order valence-electron chi connectivity index (χ1n) is 8.93. The first-order valence-corrected chi connectivity index (χ1v) is 9.75. The van der Waals surface area contributed by atoms with Crippen molar-refractivity contribution in [3.63, 3.8) is 0 Å². The quantitative estimate of drug-likeness (QED) is 0.710. The summed E-state index contributed by atoms with van der Waals surface area (Å²) in [7, 11) is 0. The molecule has 5 nitrogen and oxygen atoms in total. The number of hydrogen-bond acceptors (Lipinski definition) is 6. The molecule has 0 radical (unpaired) electrons. The van der Waals surface area contributed by atoms with E-state index < -0.39 is 0 Å². The molecule has 1 aromatic carbocycles. The van der Waals surface area contributed by atoms with Crippen molar-refractivity contribution in [2.24, 2.45) is 0 Å². The van der Waals surface area contributed by atoms with Crippen molar-refractivity contribution in [3.05, 3.63) is 70.2 Å². The fraction of sp³-hybridized carbons (Fsp3) is 0.238. The summed E-state index contributed by atoms with van der Waals surface area (Å²) in [4.78, 5) is 13.2. The Labute approximate surface area is 163 Å². The van der Waals surface area contributed by atoms with Crippen molar-refractivity contribution in [3.8, 4) is 17.7 Å². The second kappa shape index (κ2) is 8.67. The predicted molar refractivity (Wildman–Crippen MR) is 108 cm³/mol. The summed E-state index contributed by atoms with van der Waals surface area (Å²) >= 11 is 1.64. The molecule has 1 aliphatic heterocycles. The van der Waals surface area contributed by atoms with Gasteiger partial charge in [-0.05, 0) is 24.3 Å². The molecule has 2 aromatic heterocycles. The molecule has 0 saturated carbocycles. The van der Waals surface area contributed by atoms with Gasteiger partial charge in [-0.25, -0.2) is 0 Å². The van der Waals surface area contributed by atoms with Gasteiger partial charge in [0, 0.05) is 36.6 Å². The Kier molecular flexibility index (Phi) is 5.63. The number of thiophene rings is 1. The number of benzene rings is 1. The smallest absolute Gasteiger partial charge is 0.234 e. The van der Waals surface area contributed by atoms with Crippen LogP contribution in [0.3, 0.4) is 0 Å². The first-order chi connectivity index (χ1) is 13.4. The number of hydrogen-bond donors (Lipinski definition) is 1. The van der Waals surface area contributed by atoms with Crippen LogP contribution in [0.25, 0.3) is 0 Å². The Bertz CT molecular complexity index is 939. The molecule has 27 heavy (non-hydrogen) atoms. The lowest BCUT2D eigenvalue weighted by Crippen LogP contribution is -2.43. The maximum atomic E-state index is 5.85. The zero-order valence-corrected chi connectivity index (χ0v) is 15.7. The third-order valence-corrected chi connectivity index (χ3v) is 5.14. The van der Waals surface area contributed by atoms with Crippen molar-refractivity contribution >= 4 is 17.2 Å². The molecule has 3 heterocycles. The number of ether oxygens (including phenoxy) is 1. The van der Waals surface area contributed by atoms with Crippen LogP contribution < -0.4 is 15.0 Å². The average Bonchev–Trinajstić information content (AvgIpc) is 3.20. The van der Waals surface area contributed by atoms with Crippen LogP contribution in [0.15, 0.2) is 54.9 Å². The Balaban J connectivity index is 1.37. The van der Waals surface area contributed by atoms with Gasteiger partial charge in [-0.2, -0.15) is 4.98 Å². The Morgan fingerprint density at radius 3 is 2.74 bits per heavy atom. The highest BCUT2D eigenvalue weighted by molar-refractivity contribution is 7.12. The van der Waals surface area contributed by atoms with Crippen LogP contribution in [0.5, 0.6) is 5.88 Å². The van der Waals surface area contributed by atoms with Gasteiger partial charge < -0.3 is 15.0 Å². The zero-order chi connectivity index (χ0) is 18.3. The van der Waals surface area contributed by atoms with Crippen LogP contribution in [-0.4, -0.2) is 36.1 Å². The number of aromatic nitrogens is 2. The van der Waals surface area contributed by atoms with E-state index in [4.69, 9.17) is 4.74 Å². The Morgan fingerprint density at radius 2 is 1.89 bits per heavy atom. The summed E-state index contributed by atoms with van der Waals surface area (Å²) in [5, 5.41) is 3.34. The molecule has 136 valence electrons. The van der Waals surface area contributed by atoms with E-state index in [0.717, 1.165) is 47.3 Å². The SMILES string of the molecule is C(#Cc1ccc(COc2cncc(N3CCNCC3)n2)s1)c1ccccc1. The van der Waals surface area contributed by atoms with Crippen LogP contribution in [0.1, 0.15) is 15.3 Å². The average molecular weight is 376 g/mol. The third kappa shape index (κ3) is 4.85. The van der Waals surface area contributed by atoms with Crippen LogP contribution in [0.4, 0.5) is 5.82 Å². The van der Waals surface area contributed by atoms with Gasteiger partial charge in [-0.1, -0.05) is 30.0 Å². The molecule has 1 N–H and O–H groups in total. The molecule has 0 atom stereocenters. The van der Waals surface area contributed by atoms with E-state index >= 15 is 0 Å². The van der Waals surface area contributed by atoms with Gasteiger partial charge in [0.15, 0.2) is 5.82 Å². The zero-order valence-electron chi connectivity index (χ0n) is 14.9. The van der Waals surface area contributed by atoms with Crippen LogP contribution in [0, 0.1) is 11.8 Å². The summed E-state index contributed by atoms with van der Waals surface area (Å²) < 4.78 is 5.85. The van der Waals surface area contributed by atoms with Crippen LogP contribution in [0.2, 0.25) is 0 Å². The lowest BCUT2D eigenvalue weighted by Gasteiger charge is -2.28. The number of anilines is 1. The van der Waals surface area contributed by atoms with E-state index in [0.29, 0.717) is 12.5 Å². The van der Waals surface area contributed by atoms with Gasteiger partial charge >= 0.3 is 0 Å². The van der Waals surface area contributed by atoms with Crippen molar-refractivity contribution in [2.45, 2.75) is 6.61 Å². The fourth-order valence-corrected chi connectivity index (χ4v) is 3.55. The van der Waals surface area contributed by atoms with E-state index in [1.54, 1.807) is 23.7 Å². The lowest BCUT2D eigenvalue weighted by molar-refractivity contribution is 0.296. The highest BCUT2D eigenvalue weighted by Crippen LogP contribution is 2.19. The van der Waals surface area contributed by atoms with E-state index in [-0.39, 0.29) is 0 Å². The first kappa shape index (κ1) is 17.5. The number of piperazine rings is 1. The molecule has 1 aliphatic rings. The minimum Gasteiger partial charge on any atom is -0.471 e. The van der Waals surface area contributed by atoms with Gasteiger partial charge in [0.25, 0.3) is 0 Å². The number of nitrogens with one attached hydrogen (secondary N) is 1. The van der Waals surface area contributed by atoms with E-state index in [2.05, 4.69) is 32.0 Å². The van der Waals surface area contributed by atoms with Crippen LogP contribution in [-0.2, 0) is 6.61 Å². The fourth-order valence-electron chi connectivity index (χ4n) is 2.78. The van der Waals surface area contributed by atoms with E-state index in [1.165, 1.54) is 0 Å². The standard InChI is InChI=1S/C21H20N4OS/c1-2-4-17(5-3-1)6-7-18-8-9-19(27-18)16-26-21-15-23-14-20(24-21)25-12-10-22-11-13-25/h1-5,8-9,14-15,22H,10-13,16H2. The van der Waals surface area contributed by atoms with E-state index in [1.807, 2.05) is 42.5 Å². The Morgan fingerprint density at radius 1 is 1.04 bits per heavy atom. The second-order valence-electron chi connectivity index (χ2n) is 6.12. The summed E-state index contributed by atoms with van der Waals surface area (Å²) in [6.07, 6.45) is 3.45. The molecule has 0 spiro atoms. The highest BCUT2D eigenvalue weighted by Gasteiger charge is 2.12. The molecule has 4 rings (SSSR count). The van der Waals surface area contributed by atoms with Gasteiger partial charge in [0.05, 0.1) is 17.3 Å². The maximum Gasteiger partial charge on any atom is 0.234 e. The molecule has 0 amide bonds. The van der Waals surface area contributed by atoms with Crippen molar-refractivity contribution in [1.82, 2.24) is 15.3 Å². The molecule has 1 saturated heterocycles. The molecular weight excluding hydrogens is 356 g/mol. The monoisotopic (exact) mass is 376 g/mol. The normalized spacial score (nSPS) is 13.7. The number of rotatable bonds is 4. The van der Waals surface area contributed by atoms with Gasteiger partial charge in [-0.3, -0.25) is 4.98 Å². The molecule has 0 bridgehead atoms. The lowest BCUT2D eigenvalue weighted by atomic mass is 10.2. The molecule has 6 heteroatoms.